The van der Waals surface area contributed by atoms with Crippen molar-refractivity contribution in [3.8, 4) is 5.69 Å². The average molecular weight is 328 g/mol. The number of nitrogens with zero attached hydrogens (tertiary/aromatic N) is 2. The normalized spacial score (nSPS) is 22.1. The molecule has 0 aliphatic carbocycles. The molecule has 0 bridgehead atoms. The van der Waals surface area contributed by atoms with E-state index in [1.807, 2.05) is 55.8 Å². The second-order valence-electron chi connectivity index (χ2n) is 6.17. The van der Waals surface area contributed by atoms with Crippen LogP contribution in [0.25, 0.3) is 5.69 Å². The zero-order chi connectivity index (χ0) is 17.1. The Bertz CT molecular complexity index is 695. The highest BCUT2D eigenvalue weighted by atomic mass is 16.5. The molecule has 0 radical (unpaired) electrons. The van der Waals surface area contributed by atoms with Crippen LogP contribution in [-0.4, -0.2) is 40.8 Å². The maximum absolute atomic E-state index is 12.4. The fourth-order valence-corrected chi connectivity index (χ4v) is 2.99. The number of ether oxygens (including phenoxy) is 1. The van der Waals surface area contributed by atoms with E-state index < -0.39 is 0 Å². The van der Waals surface area contributed by atoms with Gasteiger partial charge in [0.2, 0.25) is 5.91 Å². The van der Waals surface area contributed by atoms with Crippen LogP contribution in [0.15, 0.2) is 36.7 Å². The lowest BCUT2D eigenvalue weighted by atomic mass is 10.1. The number of amides is 1. The summed E-state index contributed by atoms with van der Waals surface area (Å²) < 4.78 is 7.56. The minimum atomic E-state index is -0.297. The van der Waals surface area contributed by atoms with E-state index in [0.717, 1.165) is 17.1 Å². The van der Waals surface area contributed by atoms with Gasteiger partial charge >= 0.3 is 0 Å². The van der Waals surface area contributed by atoms with Crippen molar-refractivity contribution >= 4 is 5.91 Å². The Labute approximate surface area is 142 Å². The molecule has 3 rings (SSSR count). The molecule has 1 aliphatic rings. The number of aromatic nitrogens is 2. The van der Waals surface area contributed by atoms with Crippen LogP contribution in [0.5, 0.6) is 0 Å². The molecule has 1 aromatic carbocycles. The van der Waals surface area contributed by atoms with Gasteiger partial charge in [-0.1, -0.05) is 12.1 Å². The van der Waals surface area contributed by atoms with Crippen molar-refractivity contribution in [1.82, 2.24) is 20.2 Å². The van der Waals surface area contributed by atoms with Crippen LogP contribution in [0.3, 0.4) is 0 Å². The molecule has 2 N–H and O–H groups in total. The molecule has 1 aromatic heterocycles. The zero-order valence-corrected chi connectivity index (χ0v) is 14.3. The maximum atomic E-state index is 12.4. The molecule has 3 atom stereocenters. The summed E-state index contributed by atoms with van der Waals surface area (Å²) >= 11 is 0. The van der Waals surface area contributed by atoms with Gasteiger partial charge in [-0.05, 0) is 38.5 Å². The van der Waals surface area contributed by atoms with Crippen LogP contribution in [-0.2, 0) is 9.53 Å². The van der Waals surface area contributed by atoms with Gasteiger partial charge in [-0.15, -0.1) is 0 Å². The molecule has 1 unspecified atom stereocenters. The van der Waals surface area contributed by atoms with Gasteiger partial charge in [-0.25, -0.2) is 4.98 Å². The first-order valence-electron chi connectivity index (χ1n) is 8.32. The third-order valence-electron chi connectivity index (χ3n) is 4.45. The first kappa shape index (κ1) is 16.7. The number of rotatable bonds is 4. The van der Waals surface area contributed by atoms with Crippen LogP contribution in [0, 0.1) is 6.92 Å². The second-order valence-corrected chi connectivity index (χ2v) is 6.17. The molecule has 1 aliphatic heterocycles. The molecular formula is C18H24N4O2. The molecule has 1 amide bonds. The second kappa shape index (κ2) is 7.15. The van der Waals surface area contributed by atoms with Crippen molar-refractivity contribution in [1.29, 1.82) is 0 Å². The summed E-state index contributed by atoms with van der Waals surface area (Å²) in [5, 5.41) is 6.27. The summed E-state index contributed by atoms with van der Waals surface area (Å²) in [5.41, 5.74) is 2.12. The van der Waals surface area contributed by atoms with E-state index in [2.05, 4.69) is 15.6 Å². The Morgan fingerprint density at radius 2 is 2.17 bits per heavy atom. The molecule has 6 heteroatoms. The van der Waals surface area contributed by atoms with E-state index >= 15 is 0 Å². The van der Waals surface area contributed by atoms with Crippen LogP contribution in [0.4, 0.5) is 0 Å². The Morgan fingerprint density at radius 3 is 2.79 bits per heavy atom. The van der Waals surface area contributed by atoms with Crippen molar-refractivity contribution in [2.24, 2.45) is 0 Å². The summed E-state index contributed by atoms with van der Waals surface area (Å²) in [6.45, 7) is 7.23. The van der Waals surface area contributed by atoms with Gasteiger partial charge in [0.25, 0.3) is 0 Å². The van der Waals surface area contributed by atoms with Gasteiger partial charge in [0.1, 0.15) is 11.9 Å². The predicted octanol–water partition coefficient (Wildman–Crippen LogP) is 1.73. The van der Waals surface area contributed by atoms with Gasteiger partial charge in [0.15, 0.2) is 0 Å². The fourth-order valence-electron chi connectivity index (χ4n) is 2.99. The number of hydrogen-bond acceptors (Lipinski definition) is 4. The van der Waals surface area contributed by atoms with Gasteiger partial charge in [0.05, 0.1) is 18.8 Å². The van der Waals surface area contributed by atoms with Gasteiger partial charge in [-0.3, -0.25) is 4.79 Å². The van der Waals surface area contributed by atoms with Crippen molar-refractivity contribution in [3.05, 3.63) is 48.0 Å². The number of morpholine rings is 1. The largest absolute Gasteiger partial charge is 0.375 e. The quantitative estimate of drug-likeness (QED) is 0.897. The summed E-state index contributed by atoms with van der Waals surface area (Å²) in [6, 6.07) is 7.79. The molecule has 0 saturated carbocycles. The molecule has 128 valence electrons. The molecule has 24 heavy (non-hydrogen) atoms. The SMILES string of the molecule is Cc1nccn1-c1ccc(C(C)NC(=O)[C@H]2NCCO[C@@H]2C)cc1. The highest BCUT2D eigenvalue weighted by Crippen LogP contribution is 2.17. The molecular weight excluding hydrogens is 304 g/mol. The molecule has 6 nitrogen and oxygen atoms in total. The van der Waals surface area contributed by atoms with E-state index in [1.54, 1.807) is 6.20 Å². The first-order chi connectivity index (χ1) is 11.6. The number of hydrogen-bond donors (Lipinski definition) is 2. The Hall–Kier alpha value is -2.18. The number of benzene rings is 1. The lowest BCUT2D eigenvalue weighted by Crippen LogP contribution is -2.55. The number of aryl methyl sites for hydroxylation is 1. The van der Waals surface area contributed by atoms with Crippen LogP contribution < -0.4 is 10.6 Å². The van der Waals surface area contributed by atoms with Crippen LogP contribution in [0.2, 0.25) is 0 Å². The third-order valence-corrected chi connectivity index (χ3v) is 4.45. The summed E-state index contributed by atoms with van der Waals surface area (Å²) in [6.07, 6.45) is 3.61. The minimum Gasteiger partial charge on any atom is -0.375 e. The van der Waals surface area contributed by atoms with Crippen LogP contribution in [0.1, 0.15) is 31.3 Å². The monoisotopic (exact) mass is 328 g/mol. The van der Waals surface area contributed by atoms with Crippen molar-refractivity contribution < 1.29 is 9.53 Å². The molecule has 2 heterocycles. The Balaban J connectivity index is 1.65. The highest BCUT2D eigenvalue weighted by Gasteiger charge is 2.29. The highest BCUT2D eigenvalue weighted by molar-refractivity contribution is 5.82. The lowest BCUT2D eigenvalue weighted by Gasteiger charge is -2.30. The first-order valence-corrected chi connectivity index (χ1v) is 8.32. The fraction of sp³-hybridized carbons (Fsp3) is 0.444. The Kier molecular flexibility index (Phi) is 4.97. The van der Waals surface area contributed by atoms with Gasteiger partial charge < -0.3 is 19.9 Å². The van der Waals surface area contributed by atoms with E-state index in [9.17, 15) is 4.79 Å². The number of carbonyl (C=O) groups excluding carboxylic acids is 1. The topological polar surface area (TPSA) is 68.2 Å². The standard InChI is InChI=1S/C18H24N4O2/c1-12(21-18(23)17-13(2)24-11-9-20-17)15-4-6-16(7-5-15)22-10-8-19-14(22)3/h4-8,10,12-13,17,20H,9,11H2,1-3H3,(H,21,23)/t12?,13-,17+/m1/s1. The number of imidazole rings is 1. The van der Waals surface area contributed by atoms with E-state index in [-0.39, 0.29) is 24.1 Å². The molecule has 1 fully saturated rings. The molecule has 2 aromatic rings. The Morgan fingerprint density at radius 1 is 1.42 bits per heavy atom. The zero-order valence-electron chi connectivity index (χ0n) is 14.3. The lowest BCUT2D eigenvalue weighted by molar-refractivity contribution is -0.129. The summed E-state index contributed by atoms with van der Waals surface area (Å²) in [7, 11) is 0. The van der Waals surface area contributed by atoms with E-state index in [4.69, 9.17) is 4.74 Å². The summed E-state index contributed by atoms with van der Waals surface area (Å²) in [4.78, 5) is 16.7. The van der Waals surface area contributed by atoms with Crippen molar-refractivity contribution in [2.75, 3.05) is 13.2 Å². The third kappa shape index (κ3) is 3.49. The van der Waals surface area contributed by atoms with Crippen molar-refractivity contribution in [3.63, 3.8) is 0 Å². The van der Waals surface area contributed by atoms with Gasteiger partial charge in [0, 0.05) is 24.6 Å². The maximum Gasteiger partial charge on any atom is 0.240 e. The predicted molar refractivity (Wildman–Crippen MR) is 92.1 cm³/mol. The van der Waals surface area contributed by atoms with Crippen molar-refractivity contribution in [2.45, 2.75) is 39.0 Å². The number of nitrogens with one attached hydrogen (secondary N) is 2. The van der Waals surface area contributed by atoms with E-state index in [1.165, 1.54) is 0 Å². The smallest absolute Gasteiger partial charge is 0.240 e. The van der Waals surface area contributed by atoms with Crippen LogP contribution >= 0.6 is 0 Å². The molecule has 0 spiro atoms. The molecule has 1 saturated heterocycles. The van der Waals surface area contributed by atoms with Gasteiger partial charge in [-0.2, -0.15) is 0 Å². The summed E-state index contributed by atoms with van der Waals surface area (Å²) in [5.74, 6) is 0.922. The van der Waals surface area contributed by atoms with E-state index in [0.29, 0.717) is 13.2 Å². The number of carbonyl (C=O) groups is 1. The average Bonchev–Trinajstić information content (AvgIpc) is 3.01. The minimum absolute atomic E-state index is 0.0239.